The van der Waals surface area contributed by atoms with E-state index >= 15 is 0 Å². The fourth-order valence-electron chi connectivity index (χ4n) is 4.42. The Hall–Kier alpha value is -1.95. The number of carbonyl (C=O) groups excluding carboxylic acids is 2. The summed E-state index contributed by atoms with van der Waals surface area (Å²) in [6.07, 6.45) is 8.04. The van der Waals surface area contributed by atoms with Crippen LogP contribution in [0.2, 0.25) is 0 Å². The van der Waals surface area contributed by atoms with Gasteiger partial charge in [-0.2, -0.15) is 0 Å². The highest BCUT2D eigenvalue weighted by atomic mass is 16.2. The minimum Gasteiger partial charge on any atom is -0.350 e. The zero-order valence-corrected chi connectivity index (χ0v) is 16.0. The molecule has 2 amide bonds. The number of rotatable bonds is 5. The molecule has 4 rings (SSSR count). The van der Waals surface area contributed by atoms with Crippen molar-refractivity contribution in [2.75, 3.05) is 26.2 Å². The van der Waals surface area contributed by atoms with Gasteiger partial charge in [-0.25, -0.2) is 0 Å². The molecule has 0 unspecified atom stereocenters. The number of piperidine rings is 2. The fourth-order valence-corrected chi connectivity index (χ4v) is 4.42. The predicted octanol–water partition coefficient (Wildman–Crippen LogP) is 1.81. The van der Waals surface area contributed by atoms with E-state index in [4.69, 9.17) is 0 Å². The summed E-state index contributed by atoms with van der Waals surface area (Å²) in [6.45, 7) is 4.18. The summed E-state index contributed by atoms with van der Waals surface area (Å²) < 4.78 is 0. The topological polar surface area (TPSA) is 65.5 Å². The number of hydrogen-bond acceptors (Lipinski definition) is 4. The summed E-state index contributed by atoms with van der Waals surface area (Å²) in [5.41, 5.74) is 0.895. The molecule has 0 spiro atoms. The van der Waals surface area contributed by atoms with Crippen LogP contribution in [-0.2, 0) is 16.1 Å². The molecule has 1 aromatic heterocycles. The lowest BCUT2D eigenvalue weighted by molar-refractivity contribution is -0.134. The van der Waals surface area contributed by atoms with Crippen LogP contribution in [-0.4, -0.2) is 58.8 Å². The molecular weight excluding hydrogens is 340 g/mol. The Morgan fingerprint density at radius 3 is 2.56 bits per heavy atom. The normalized spacial score (nSPS) is 24.6. The average molecular weight is 370 g/mol. The number of pyridine rings is 1. The van der Waals surface area contributed by atoms with Crippen LogP contribution >= 0.6 is 0 Å². The molecule has 0 aromatic carbocycles. The molecule has 1 aliphatic carbocycles. The van der Waals surface area contributed by atoms with Gasteiger partial charge in [0.15, 0.2) is 0 Å². The van der Waals surface area contributed by atoms with Crippen LogP contribution in [0.25, 0.3) is 0 Å². The number of likely N-dealkylation sites (tertiary alicyclic amines) is 2. The van der Waals surface area contributed by atoms with Crippen molar-refractivity contribution in [3.05, 3.63) is 30.1 Å². The molecular formula is C21H30N4O2. The molecule has 6 heteroatoms. The second kappa shape index (κ2) is 8.38. The van der Waals surface area contributed by atoms with Crippen molar-refractivity contribution in [1.82, 2.24) is 20.1 Å². The standard InChI is InChI=1S/C21H30N4O2/c26-20(23-14-18-5-1-2-10-22-18)17-4-3-11-25(15-17)19-8-12-24(13-9-19)21(27)16-6-7-16/h1-2,5,10,16-17,19H,3-4,6-9,11-15H2,(H,23,26)/t17-/m0/s1. The molecule has 146 valence electrons. The summed E-state index contributed by atoms with van der Waals surface area (Å²) in [5.74, 6) is 0.905. The van der Waals surface area contributed by atoms with Crippen molar-refractivity contribution in [1.29, 1.82) is 0 Å². The van der Waals surface area contributed by atoms with Crippen LogP contribution in [0, 0.1) is 11.8 Å². The Kier molecular flexibility index (Phi) is 5.72. The average Bonchev–Trinajstić information content (AvgIpc) is 3.58. The Balaban J connectivity index is 1.24. The fraction of sp³-hybridized carbons (Fsp3) is 0.667. The van der Waals surface area contributed by atoms with E-state index in [0.717, 1.165) is 70.4 Å². The minimum absolute atomic E-state index is 0.0635. The van der Waals surface area contributed by atoms with Gasteiger partial charge in [0.1, 0.15) is 0 Å². The predicted molar refractivity (Wildman–Crippen MR) is 103 cm³/mol. The Morgan fingerprint density at radius 1 is 1.04 bits per heavy atom. The highest BCUT2D eigenvalue weighted by Crippen LogP contribution is 2.32. The van der Waals surface area contributed by atoms with Crippen molar-refractivity contribution in [3.8, 4) is 0 Å². The molecule has 0 radical (unpaired) electrons. The van der Waals surface area contributed by atoms with Gasteiger partial charge in [0.25, 0.3) is 0 Å². The molecule has 3 heterocycles. The molecule has 27 heavy (non-hydrogen) atoms. The van der Waals surface area contributed by atoms with Crippen LogP contribution in [0.5, 0.6) is 0 Å². The maximum absolute atomic E-state index is 12.6. The lowest BCUT2D eigenvalue weighted by Gasteiger charge is -2.42. The van der Waals surface area contributed by atoms with E-state index < -0.39 is 0 Å². The van der Waals surface area contributed by atoms with Crippen LogP contribution in [0.4, 0.5) is 0 Å². The van der Waals surface area contributed by atoms with Crippen molar-refractivity contribution in [2.45, 2.75) is 51.1 Å². The van der Waals surface area contributed by atoms with Gasteiger partial charge in [0, 0.05) is 37.8 Å². The van der Waals surface area contributed by atoms with Crippen LogP contribution in [0.15, 0.2) is 24.4 Å². The molecule has 2 saturated heterocycles. The lowest BCUT2D eigenvalue weighted by Crippen LogP contribution is -2.51. The Labute approximate surface area is 161 Å². The van der Waals surface area contributed by atoms with E-state index in [0.29, 0.717) is 24.4 Å². The molecule has 3 fully saturated rings. The van der Waals surface area contributed by atoms with Gasteiger partial charge in [0.2, 0.25) is 11.8 Å². The van der Waals surface area contributed by atoms with Gasteiger partial charge in [-0.15, -0.1) is 0 Å². The molecule has 3 aliphatic rings. The first-order valence-corrected chi connectivity index (χ1v) is 10.4. The molecule has 2 aliphatic heterocycles. The quantitative estimate of drug-likeness (QED) is 0.859. The summed E-state index contributed by atoms with van der Waals surface area (Å²) in [6, 6.07) is 6.27. The monoisotopic (exact) mass is 370 g/mol. The summed E-state index contributed by atoms with van der Waals surface area (Å²) in [4.78, 5) is 33.7. The number of aromatic nitrogens is 1. The van der Waals surface area contributed by atoms with E-state index in [-0.39, 0.29) is 11.8 Å². The van der Waals surface area contributed by atoms with Gasteiger partial charge in [0.05, 0.1) is 18.2 Å². The third-order valence-corrected chi connectivity index (χ3v) is 6.21. The van der Waals surface area contributed by atoms with Gasteiger partial charge >= 0.3 is 0 Å². The number of nitrogens with one attached hydrogen (secondary N) is 1. The Bertz CT molecular complexity index is 653. The Morgan fingerprint density at radius 2 is 1.85 bits per heavy atom. The second-order valence-electron chi connectivity index (χ2n) is 8.20. The smallest absolute Gasteiger partial charge is 0.225 e. The van der Waals surface area contributed by atoms with Crippen molar-refractivity contribution in [3.63, 3.8) is 0 Å². The van der Waals surface area contributed by atoms with E-state index in [9.17, 15) is 9.59 Å². The van der Waals surface area contributed by atoms with Crippen molar-refractivity contribution in [2.24, 2.45) is 11.8 Å². The summed E-state index contributed by atoms with van der Waals surface area (Å²) >= 11 is 0. The third kappa shape index (κ3) is 4.67. The molecule has 1 atom stereocenters. The van der Waals surface area contributed by atoms with Gasteiger partial charge in [-0.05, 0) is 57.2 Å². The zero-order valence-electron chi connectivity index (χ0n) is 16.0. The van der Waals surface area contributed by atoms with Gasteiger partial charge < -0.3 is 10.2 Å². The first-order valence-electron chi connectivity index (χ1n) is 10.4. The lowest BCUT2D eigenvalue weighted by atomic mass is 9.93. The number of nitrogens with zero attached hydrogens (tertiary/aromatic N) is 3. The molecule has 1 N–H and O–H groups in total. The van der Waals surface area contributed by atoms with Gasteiger partial charge in [-0.3, -0.25) is 19.5 Å². The molecule has 1 saturated carbocycles. The molecule has 1 aromatic rings. The SMILES string of the molecule is O=C(NCc1ccccn1)[C@H]1CCCN(C2CCN(C(=O)C3CC3)CC2)C1. The summed E-state index contributed by atoms with van der Waals surface area (Å²) in [5, 5.41) is 3.05. The van der Waals surface area contributed by atoms with E-state index in [2.05, 4.69) is 20.1 Å². The van der Waals surface area contributed by atoms with Crippen LogP contribution in [0.1, 0.15) is 44.2 Å². The van der Waals surface area contributed by atoms with E-state index in [1.807, 2.05) is 18.2 Å². The number of amides is 2. The van der Waals surface area contributed by atoms with E-state index in [1.54, 1.807) is 6.20 Å². The summed E-state index contributed by atoms with van der Waals surface area (Å²) in [7, 11) is 0. The maximum atomic E-state index is 12.6. The second-order valence-corrected chi connectivity index (χ2v) is 8.20. The first-order chi connectivity index (χ1) is 13.2. The maximum Gasteiger partial charge on any atom is 0.225 e. The third-order valence-electron chi connectivity index (χ3n) is 6.21. The molecule has 0 bridgehead atoms. The number of hydrogen-bond donors (Lipinski definition) is 1. The first kappa shape index (κ1) is 18.4. The minimum atomic E-state index is 0.0635. The van der Waals surface area contributed by atoms with Crippen molar-refractivity contribution >= 4 is 11.8 Å². The van der Waals surface area contributed by atoms with Crippen molar-refractivity contribution < 1.29 is 9.59 Å². The zero-order chi connectivity index (χ0) is 18.6. The van der Waals surface area contributed by atoms with Crippen LogP contribution in [0.3, 0.4) is 0 Å². The van der Waals surface area contributed by atoms with Gasteiger partial charge in [-0.1, -0.05) is 6.07 Å². The highest BCUT2D eigenvalue weighted by molar-refractivity contribution is 5.81. The largest absolute Gasteiger partial charge is 0.350 e. The van der Waals surface area contributed by atoms with E-state index in [1.165, 1.54) is 0 Å². The van der Waals surface area contributed by atoms with Crippen LogP contribution < -0.4 is 5.32 Å². The number of carbonyl (C=O) groups is 2. The molecule has 6 nitrogen and oxygen atoms in total. The highest BCUT2D eigenvalue weighted by Gasteiger charge is 2.37.